The molecule has 23 heavy (non-hydrogen) atoms. The Hall–Kier alpha value is -2.37. The third-order valence-electron chi connectivity index (χ3n) is 4.09. The minimum Gasteiger partial charge on any atom is -0.294 e. The van der Waals surface area contributed by atoms with Crippen LogP contribution >= 0.6 is 6.89 Å². The Morgan fingerprint density at radius 1 is 0.739 bits per heavy atom. The van der Waals surface area contributed by atoms with Gasteiger partial charge in [-0.1, -0.05) is 91.2 Å². The van der Waals surface area contributed by atoms with Gasteiger partial charge in [-0.05, 0) is 29.7 Å². The molecule has 0 saturated heterocycles. The smallest absolute Gasteiger partial charge is 0.160 e. The summed E-state index contributed by atoms with van der Waals surface area (Å²) in [7, 11) is 0. The van der Waals surface area contributed by atoms with Crippen molar-refractivity contribution in [2.75, 3.05) is 0 Å². The third-order valence-corrected chi connectivity index (χ3v) is 7.66. The number of hydrogen-bond donors (Lipinski definition) is 0. The molecule has 0 bridgehead atoms. The van der Waals surface area contributed by atoms with E-state index in [0.29, 0.717) is 0 Å². The van der Waals surface area contributed by atoms with Crippen LogP contribution in [0.1, 0.15) is 17.3 Å². The molecule has 0 spiro atoms. The van der Waals surface area contributed by atoms with Crippen LogP contribution in [0.25, 0.3) is 0 Å². The Kier molecular flexibility index (Phi) is 4.32. The molecule has 0 radical (unpaired) electrons. The van der Waals surface area contributed by atoms with Crippen molar-refractivity contribution in [3.05, 3.63) is 90.5 Å². The molecule has 0 N–H and O–H groups in total. The zero-order chi connectivity index (χ0) is 16.3. The van der Waals surface area contributed by atoms with Gasteiger partial charge in [-0.2, -0.15) is 0 Å². The van der Waals surface area contributed by atoms with E-state index in [1.165, 1.54) is 10.6 Å². The molecule has 0 fully saturated rings. The summed E-state index contributed by atoms with van der Waals surface area (Å²) in [4.78, 5) is 12.2. The number of benzene rings is 3. The van der Waals surface area contributed by atoms with Gasteiger partial charge in [-0.3, -0.25) is 4.79 Å². The molecule has 0 aromatic heterocycles. The molecular formula is C21H19OP. The molecule has 0 aliphatic rings. The quantitative estimate of drug-likeness (QED) is 0.530. The fourth-order valence-corrected chi connectivity index (χ4v) is 6.10. The van der Waals surface area contributed by atoms with E-state index < -0.39 is 6.89 Å². The lowest BCUT2D eigenvalue weighted by molar-refractivity contribution is 0.101. The van der Waals surface area contributed by atoms with Crippen LogP contribution in [0.5, 0.6) is 0 Å². The first kappa shape index (κ1) is 15.5. The summed E-state index contributed by atoms with van der Waals surface area (Å²) >= 11 is 0. The van der Waals surface area contributed by atoms with Gasteiger partial charge in [0.05, 0.1) is 0 Å². The Labute approximate surface area is 137 Å². The summed E-state index contributed by atoms with van der Waals surface area (Å²) in [5, 5.41) is 3.41. The molecule has 0 amide bonds. The molecule has 3 rings (SSSR count). The van der Waals surface area contributed by atoms with Crippen LogP contribution in [0.2, 0.25) is 0 Å². The highest BCUT2D eigenvalue weighted by Crippen LogP contribution is 2.42. The van der Waals surface area contributed by atoms with Crippen molar-refractivity contribution in [1.29, 1.82) is 0 Å². The summed E-state index contributed by atoms with van der Waals surface area (Å²) in [5.74, 6) is 0.0838. The average Bonchev–Trinajstić information content (AvgIpc) is 2.62. The van der Waals surface area contributed by atoms with E-state index >= 15 is 0 Å². The third kappa shape index (κ3) is 2.81. The molecule has 1 nitrogen and oxygen atoms in total. The van der Waals surface area contributed by atoms with Gasteiger partial charge in [0.15, 0.2) is 5.78 Å². The SMILES string of the molecule is C=P(c1ccccc1)(c1ccccc1)c1ccccc1C(C)=O. The van der Waals surface area contributed by atoms with Crippen molar-refractivity contribution >= 4 is 34.9 Å². The van der Waals surface area contributed by atoms with Crippen molar-refractivity contribution in [2.24, 2.45) is 0 Å². The Balaban J connectivity index is 2.35. The number of rotatable bonds is 4. The van der Waals surface area contributed by atoms with E-state index in [0.717, 1.165) is 10.9 Å². The second-order valence-corrected chi connectivity index (χ2v) is 8.69. The van der Waals surface area contributed by atoms with Crippen LogP contribution in [0.3, 0.4) is 0 Å². The van der Waals surface area contributed by atoms with Gasteiger partial charge in [0.2, 0.25) is 0 Å². The molecular weight excluding hydrogens is 299 g/mol. The fourth-order valence-electron chi connectivity index (χ4n) is 2.90. The van der Waals surface area contributed by atoms with Gasteiger partial charge < -0.3 is 0 Å². The van der Waals surface area contributed by atoms with Gasteiger partial charge in [-0.25, -0.2) is 0 Å². The molecule has 0 saturated carbocycles. The summed E-state index contributed by atoms with van der Waals surface area (Å²) in [6.07, 6.45) is 4.68. The highest BCUT2D eigenvalue weighted by atomic mass is 31.2. The first-order valence-electron chi connectivity index (χ1n) is 7.59. The van der Waals surface area contributed by atoms with E-state index in [9.17, 15) is 4.79 Å². The van der Waals surface area contributed by atoms with Gasteiger partial charge in [0, 0.05) is 5.56 Å². The Morgan fingerprint density at radius 3 is 1.65 bits per heavy atom. The number of carbonyl (C=O) groups excluding carboxylic acids is 1. The molecule has 114 valence electrons. The first-order chi connectivity index (χ1) is 11.1. The summed E-state index contributed by atoms with van der Waals surface area (Å²) in [6.45, 7) is -0.465. The van der Waals surface area contributed by atoms with Gasteiger partial charge in [0.25, 0.3) is 0 Å². The Morgan fingerprint density at radius 2 is 1.17 bits per heavy atom. The topological polar surface area (TPSA) is 17.1 Å². The molecule has 0 unspecified atom stereocenters. The van der Waals surface area contributed by atoms with Crippen molar-refractivity contribution in [2.45, 2.75) is 6.92 Å². The number of carbonyl (C=O) groups is 1. The van der Waals surface area contributed by atoms with Crippen LogP contribution in [-0.2, 0) is 0 Å². The lowest BCUT2D eigenvalue weighted by Gasteiger charge is -2.28. The predicted octanol–water partition coefficient (Wildman–Crippen LogP) is 3.62. The van der Waals surface area contributed by atoms with Gasteiger partial charge in [-0.15, -0.1) is 0 Å². The van der Waals surface area contributed by atoms with Crippen LogP contribution in [0.15, 0.2) is 84.9 Å². The number of ketones is 1. The fraction of sp³-hybridized carbons (Fsp3) is 0.0476. The zero-order valence-electron chi connectivity index (χ0n) is 13.1. The maximum atomic E-state index is 12.2. The highest BCUT2D eigenvalue weighted by Gasteiger charge is 2.25. The summed E-state index contributed by atoms with van der Waals surface area (Å²) < 4.78 is 0. The van der Waals surface area contributed by atoms with E-state index in [-0.39, 0.29) is 5.78 Å². The van der Waals surface area contributed by atoms with Crippen molar-refractivity contribution in [1.82, 2.24) is 0 Å². The minimum absolute atomic E-state index is 0.0838. The standard InChI is InChI=1S/C21H19OP/c1-17(22)20-15-9-10-16-21(20)23(2,18-11-5-3-6-12-18)19-13-7-4-8-14-19/h3-16H,2H2,1H3. The lowest BCUT2D eigenvalue weighted by atomic mass is 10.1. The van der Waals surface area contributed by atoms with Gasteiger partial charge in [0.1, 0.15) is 0 Å². The average molecular weight is 318 g/mol. The molecule has 3 aromatic carbocycles. The normalized spacial score (nSPS) is 11.2. The maximum absolute atomic E-state index is 12.2. The van der Waals surface area contributed by atoms with Gasteiger partial charge >= 0.3 is 0 Å². The van der Waals surface area contributed by atoms with E-state index in [2.05, 4.69) is 36.6 Å². The van der Waals surface area contributed by atoms with E-state index in [1.807, 2.05) is 54.6 Å². The Bertz CT molecular complexity index is 823. The highest BCUT2D eigenvalue weighted by molar-refractivity contribution is 7.93. The second-order valence-electron chi connectivity index (χ2n) is 5.55. The second kappa shape index (κ2) is 6.40. The predicted molar refractivity (Wildman–Crippen MR) is 102 cm³/mol. The molecule has 0 aliphatic carbocycles. The molecule has 0 atom stereocenters. The number of hydrogen-bond acceptors (Lipinski definition) is 1. The number of Topliss-reactive ketones (excluding diaryl/α,β-unsaturated/α-hetero) is 1. The minimum atomic E-state index is -2.09. The van der Waals surface area contributed by atoms with Crippen molar-refractivity contribution in [3.63, 3.8) is 0 Å². The lowest BCUT2D eigenvalue weighted by Crippen LogP contribution is -2.28. The van der Waals surface area contributed by atoms with E-state index in [4.69, 9.17) is 0 Å². The van der Waals surface area contributed by atoms with Crippen molar-refractivity contribution in [3.8, 4) is 0 Å². The molecule has 0 aliphatic heterocycles. The molecule has 2 heteroatoms. The van der Waals surface area contributed by atoms with Crippen molar-refractivity contribution < 1.29 is 4.79 Å². The van der Waals surface area contributed by atoms with Crippen LogP contribution in [-0.4, -0.2) is 12.1 Å². The monoisotopic (exact) mass is 318 g/mol. The van der Waals surface area contributed by atoms with Crippen LogP contribution in [0, 0.1) is 0 Å². The van der Waals surface area contributed by atoms with Crippen LogP contribution < -0.4 is 15.9 Å². The largest absolute Gasteiger partial charge is 0.294 e. The molecule has 0 heterocycles. The first-order valence-corrected chi connectivity index (χ1v) is 9.56. The maximum Gasteiger partial charge on any atom is 0.160 e. The zero-order valence-corrected chi connectivity index (χ0v) is 14.0. The summed E-state index contributed by atoms with van der Waals surface area (Å²) in [6, 6.07) is 28.5. The summed E-state index contributed by atoms with van der Waals surface area (Å²) in [5.41, 5.74) is 0.767. The van der Waals surface area contributed by atoms with Crippen LogP contribution in [0.4, 0.5) is 0 Å². The molecule has 3 aromatic rings. The van der Waals surface area contributed by atoms with E-state index in [1.54, 1.807) is 6.92 Å².